The van der Waals surface area contributed by atoms with Crippen molar-refractivity contribution in [2.75, 3.05) is 13.6 Å². The second kappa shape index (κ2) is 4.72. The number of amides is 1. The van der Waals surface area contributed by atoms with Crippen molar-refractivity contribution in [1.82, 2.24) is 5.32 Å². The fourth-order valence-electron chi connectivity index (χ4n) is 1.26. The number of hydrogen-bond acceptors (Lipinski definition) is 2. The summed E-state index contributed by atoms with van der Waals surface area (Å²) in [4.78, 5) is 11.3. The van der Waals surface area contributed by atoms with E-state index in [0.29, 0.717) is 0 Å². The van der Waals surface area contributed by atoms with Gasteiger partial charge in [0.2, 0.25) is 5.91 Å². The first-order chi connectivity index (χ1) is 6.69. The van der Waals surface area contributed by atoms with Crippen molar-refractivity contribution in [3.8, 4) is 0 Å². The molecule has 0 saturated carbocycles. The predicted molar refractivity (Wildman–Crippen MR) is 52.3 cm³/mol. The summed E-state index contributed by atoms with van der Waals surface area (Å²) in [6, 6.07) is 5.78. The molecule has 1 atom stereocenters. The third kappa shape index (κ3) is 2.29. The van der Waals surface area contributed by atoms with Gasteiger partial charge < -0.3 is 11.1 Å². The molecular formula is C10H13FN2O. The molecule has 3 nitrogen and oxygen atoms in total. The number of rotatable bonds is 3. The molecule has 1 rings (SSSR count). The van der Waals surface area contributed by atoms with Gasteiger partial charge in [0.1, 0.15) is 5.82 Å². The van der Waals surface area contributed by atoms with Crippen LogP contribution in [0.2, 0.25) is 0 Å². The summed E-state index contributed by atoms with van der Waals surface area (Å²) in [5, 5.41) is 2.52. The van der Waals surface area contributed by atoms with Gasteiger partial charge in [-0.2, -0.15) is 0 Å². The molecule has 0 saturated heterocycles. The summed E-state index contributed by atoms with van der Waals surface area (Å²) in [7, 11) is 1.55. The standard InChI is InChI=1S/C10H13FN2O/c1-13-10(14)9(6-12)7-2-4-8(11)5-3-7/h2-5,9H,6,12H2,1H3,(H,13,14). The zero-order valence-corrected chi connectivity index (χ0v) is 7.96. The summed E-state index contributed by atoms with van der Waals surface area (Å²) < 4.78 is 12.6. The zero-order valence-electron chi connectivity index (χ0n) is 7.96. The number of likely N-dealkylation sites (N-methyl/N-ethyl adjacent to an activating group) is 1. The first-order valence-corrected chi connectivity index (χ1v) is 4.36. The molecule has 0 bridgehead atoms. The minimum Gasteiger partial charge on any atom is -0.359 e. The van der Waals surface area contributed by atoms with E-state index in [-0.39, 0.29) is 18.3 Å². The molecule has 76 valence electrons. The monoisotopic (exact) mass is 196 g/mol. The Morgan fingerprint density at radius 3 is 2.50 bits per heavy atom. The zero-order chi connectivity index (χ0) is 10.6. The van der Waals surface area contributed by atoms with Gasteiger partial charge in [0, 0.05) is 13.6 Å². The minimum atomic E-state index is -0.402. The second-order valence-electron chi connectivity index (χ2n) is 2.95. The van der Waals surface area contributed by atoms with E-state index in [0.717, 1.165) is 5.56 Å². The molecule has 0 aliphatic carbocycles. The maximum absolute atomic E-state index is 12.6. The first-order valence-electron chi connectivity index (χ1n) is 4.36. The smallest absolute Gasteiger partial charge is 0.228 e. The number of nitrogens with two attached hydrogens (primary N) is 1. The van der Waals surface area contributed by atoms with Crippen LogP contribution in [0.3, 0.4) is 0 Å². The average molecular weight is 196 g/mol. The summed E-state index contributed by atoms with van der Waals surface area (Å²) >= 11 is 0. The van der Waals surface area contributed by atoms with E-state index in [9.17, 15) is 9.18 Å². The van der Waals surface area contributed by atoms with Gasteiger partial charge in [0.15, 0.2) is 0 Å². The van der Waals surface area contributed by atoms with Crippen LogP contribution in [0.25, 0.3) is 0 Å². The van der Waals surface area contributed by atoms with Gasteiger partial charge in [0.05, 0.1) is 5.92 Å². The van der Waals surface area contributed by atoms with Gasteiger partial charge in [-0.1, -0.05) is 12.1 Å². The van der Waals surface area contributed by atoms with Crippen LogP contribution in [0.5, 0.6) is 0 Å². The normalized spacial score (nSPS) is 12.2. The molecule has 1 aromatic rings. The van der Waals surface area contributed by atoms with Gasteiger partial charge in [-0.3, -0.25) is 4.79 Å². The Labute approximate surface area is 82.1 Å². The molecule has 0 heterocycles. The SMILES string of the molecule is CNC(=O)C(CN)c1ccc(F)cc1. The van der Waals surface area contributed by atoms with Crippen LogP contribution in [0.4, 0.5) is 4.39 Å². The number of carbonyl (C=O) groups is 1. The van der Waals surface area contributed by atoms with Crippen LogP contribution >= 0.6 is 0 Å². The maximum Gasteiger partial charge on any atom is 0.228 e. The third-order valence-electron chi connectivity index (χ3n) is 2.07. The lowest BCUT2D eigenvalue weighted by atomic mass is 9.98. The average Bonchev–Trinajstić information content (AvgIpc) is 2.21. The highest BCUT2D eigenvalue weighted by molar-refractivity contribution is 5.83. The van der Waals surface area contributed by atoms with E-state index in [2.05, 4.69) is 5.32 Å². The molecule has 1 aromatic carbocycles. The Balaban J connectivity index is 2.89. The molecule has 0 aromatic heterocycles. The number of hydrogen-bond donors (Lipinski definition) is 2. The summed E-state index contributed by atoms with van der Waals surface area (Å²) in [6.07, 6.45) is 0. The molecule has 1 amide bonds. The van der Waals surface area contributed by atoms with Crippen LogP contribution in [0.15, 0.2) is 24.3 Å². The quantitative estimate of drug-likeness (QED) is 0.744. The summed E-state index contributed by atoms with van der Waals surface area (Å²) in [5.74, 6) is -0.874. The van der Waals surface area contributed by atoms with E-state index >= 15 is 0 Å². The lowest BCUT2D eigenvalue weighted by Gasteiger charge is -2.12. The molecule has 14 heavy (non-hydrogen) atoms. The Hall–Kier alpha value is -1.42. The molecule has 1 unspecified atom stereocenters. The Morgan fingerprint density at radius 2 is 2.07 bits per heavy atom. The maximum atomic E-state index is 12.6. The molecule has 0 aliphatic rings. The van der Waals surface area contributed by atoms with Gasteiger partial charge in [0.25, 0.3) is 0 Å². The third-order valence-corrected chi connectivity index (χ3v) is 2.07. The molecule has 4 heteroatoms. The highest BCUT2D eigenvalue weighted by Crippen LogP contribution is 2.14. The van der Waals surface area contributed by atoms with Crippen molar-refractivity contribution < 1.29 is 9.18 Å². The lowest BCUT2D eigenvalue weighted by molar-refractivity contribution is -0.121. The number of halogens is 1. The van der Waals surface area contributed by atoms with E-state index in [4.69, 9.17) is 5.73 Å². The molecule has 0 fully saturated rings. The predicted octanol–water partition coefficient (Wildman–Crippen LogP) is 0.614. The van der Waals surface area contributed by atoms with Gasteiger partial charge in [-0.15, -0.1) is 0 Å². The van der Waals surface area contributed by atoms with E-state index in [1.807, 2.05) is 0 Å². The van der Waals surface area contributed by atoms with Crippen molar-refractivity contribution in [1.29, 1.82) is 0 Å². The first kappa shape index (κ1) is 10.7. The highest BCUT2D eigenvalue weighted by Gasteiger charge is 2.17. The van der Waals surface area contributed by atoms with Crippen molar-refractivity contribution in [3.63, 3.8) is 0 Å². The molecule has 0 radical (unpaired) electrons. The molecule has 0 spiro atoms. The summed E-state index contributed by atoms with van der Waals surface area (Å²) in [5.41, 5.74) is 6.19. The molecule has 3 N–H and O–H groups in total. The number of nitrogens with one attached hydrogen (secondary N) is 1. The molecular weight excluding hydrogens is 183 g/mol. The highest BCUT2D eigenvalue weighted by atomic mass is 19.1. The van der Waals surface area contributed by atoms with Gasteiger partial charge in [-0.05, 0) is 17.7 Å². The van der Waals surface area contributed by atoms with E-state index < -0.39 is 5.92 Å². The van der Waals surface area contributed by atoms with Crippen LogP contribution in [-0.4, -0.2) is 19.5 Å². The molecule has 0 aliphatic heterocycles. The fourth-order valence-corrected chi connectivity index (χ4v) is 1.26. The van der Waals surface area contributed by atoms with Crippen molar-refractivity contribution in [2.24, 2.45) is 5.73 Å². The van der Waals surface area contributed by atoms with Crippen molar-refractivity contribution in [2.45, 2.75) is 5.92 Å². The van der Waals surface area contributed by atoms with Gasteiger partial charge >= 0.3 is 0 Å². The minimum absolute atomic E-state index is 0.154. The Bertz CT molecular complexity index is 310. The Kier molecular flexibility index (Phi) is 3.59. The lowest BCUT2D eigenvalue weighted by Crippen LogP contribution is -2.30. The number of carbonyl (C=O) groups excluding carboxylic acids is 1. The van der Waals surface area contributed by atoms with E-state index in [1.165, 1.54) is 12.1 Å². The van der Waals surface area contributed by atoms with E-state index in [1.54, 1.807) is 19.2 Å². The largest absolute Gasteiger partial charge is 0.359 e. The topological polar surface area (TPSA) is 55.1 Å². The second-order valence-corrected chi connectivity index (χ2v) is 2.95. The van der Waals surface area contributed by atoms with Crippen LogP contribution in [0, 0.1) is 5.82 Å². The van der Waals surface area contributed by atoms with Crippen LogP contribution < -0.4 is 11.1 Å². The van der Waals surface area contributed by atoms with Gasteiger partial charge in [-0.25, -0.2) is 4.39 Å². The van der Waals surface area contributed by atoms with Crippen molar-refractivity contribution in [3.05, 3.63) is 35.6 Å². The van der Waals surface area contributed by atoms with Crippen LogP contribution in [-0.2, 0) is 4.79 Å². The fraction of sp³-hybridized carbons (Fsp3) is 0.300. The van der Waals surface area contributed by atoms with Crippen molar-refractivity contribution >= 4 is 5.91 Å². The Morgan fingerprint density at radius 1 is 1.50 bits per heavy atom. The van der Waals surface area contributed by atoms with Crippen LogP contribution in [0.1, 0.15) is 11.5 Å². The summed E-state index contributed by atoms with van der Waals surface area (Å²) in [6.45, 7) is 0.214. The number of benzene rings is 1.